The fraction of sp³-hybridized carbons (Fsp3) is 0.231. The van der Waals surface area contributed by atoms with Crippen molar-refractivity contribution in [1.29, 1.82) is 0 Å². The zero-order valence-corrected chi connectivity index (χ0v) is 19.8. The zero-order chi connectivity index (χ0) is 23.2. The molecule has 4 rings (SSSR count). The highest BCUT2D eigenvalue weighted by Gasteiger charge is 2.24. The highest BCUT2D eigenvalue weighted by atomic mass is 32.1. The molecule has 0 spiro atoms. The van der Waals surface area contributed by atoms with Gasteiger partial charge in [-0.25, -0.2) is 4.68 Å². The quantitative estimate of drug-likeness (QED) is 0.302. The van der Waals surface area contributed by atoms with Crippen LogP contribution >= 0.6 is 11.3 Å². The van der Waals surface area contributed by atoms with Crippen LogP contribution in [0.25, 0.3) is 5.69 Å². The normalized spacial score (nSPS) is 10.8. The fourth-order valence-electron chi connectivity index (χ4n) is 3.61. The molecule has 7 heteroatoms. The topological polar surface area (TPSA) is 56.6 Å². The molecule has 2 heterocycles. The summed E-state index contributed by atoms with van der Waals surface area (Å²) in [5.41, 5.74) is 2.58. The molecule has 0 aliphatic carbocycles. The molecule has 4 aromatic rings. The van der Waals surface area contributed by atoms with Crippen LogP contribution in [-0.2, 0) is 6.54 Å². The average molecular weight is 462 g/mol. The molecule has 0 aliphatic rings. The molecule has 6 nitrogen and oxygen atoms in total. The maximum Gasteiger partial charge on any atom is 0.264 e. The predicted octanol–water partition coefficient (Wildman–Crippen LogP) is 6.10. The number of aryl methyl sites for hydroxylation is 1. The number of para-hydroxylation sites is 1. The maximum atomic E-state index is 13.2. The van der Waals surface area contributed by atoms with Gasteiger partial charge in [-0.2, -0.15) is 5.10 Å². The van der Waals surface area contributed by atoms with Crippen LogP contribution < -0.4 is 9.47 Å². The van der Waals surface area contributed by atoms with Crippen molar-refractivity contribution in [2.24, 2.45) is 0 Å². The summed E-state index contributed by atoms with van der Waals surface area (Å²) < 4.78 is 13.5. The molecule has 2 aromatic heterocycles. The smallest absolute Gasteiger partial charge is 0.264 e. The molecule has 0 atom stereocenters. The van der Waals surface area contributed by atoms with Crippen molar-refractivity contribution >= 4 is 17.2 Å². The summed E-state index contributed by atoms with van der Waals surface area (Å²) in [4.78, 5) is 15.8. The second-order valence-corrected chi connectivity index (χ2v) is 8.55. The molecule has 0 bridgehead atoms. The van der Waals surface area contributed by atoms with Crippen molar-refractivity contribution in [2.75, 3.05) is 13.7 Å². The third-order valence-electron chi connectivity index (χ3n) is 5.26. The Hall–Kier alpha value is -3.58. The summed E-state index contributed by atoms with van der Waals surface area (Å²) in [5.74, 6) is 1.95. The van der Waals surface area contributed by atoms with Gasteiger partial charge in [0.1, 0.15) is 11.5 Å². The second kappa shape index (κ2) is 10.4. The van der Waals surface area contributed by atoms with Gasteiger partial charge in [0.05, 0.1) is 35.5 Å². The average Bonchev–Trinajstić information content (AvgIpc) is 3.48. The minimum atomic E-state index is 0.0195. The Morgan fingerprint density at radius 1 is 1.06 bits per heavy atom. The van der Waals surface area contributed by atoms with Gasteiger partial charge >= 0.3 is 0 Å². The first-order chi connectivity index (χ1) is 16.1. The molecular formula is C26H27N3O3S. The molecule has 0 aliphatic heterocycles. The zero-order valence-electron chi connectivity index (χ0n) is 19.0. The van der Waals surface area contributed by atoms with Crippen molar-refractivity contribution in [2.45, 2.75) is 26.8 Å². The Bertz CT molecular complexity index is 1200. The van der Waals surface area contributed by atoms with E-state index >= 15 is 0 Å². The lowest BCUT2D eigenvalue weighted by Gasteiger charge is -2.22. The first-order valence-corrected chi connectivity index (χ1v) is 11.8. The van der Waals surface area contributed by atoms with E-state index in [-0.39, 0.29) is 5.91 Å². The molecule has 0 radical (unpaired) electrons. The van der Waals surface area contributed by atoms with E-state index in [1.807, 2.05) is 83.9 Å². The van der Waals surface area contributed by atoms with Crippen molar-refractivity contribution < 1.29 is 14.3 Å². The van der Waals surface area contributed by atoms with Gasteiger partial charge in [-0.1, -0.05) is 37.3 Å². The molecular weight excluding hydrogens is 434 g/mol. The van der Waals surface area contributed by atoms with E-state index in [0.29, 0.717) is 30.5 Å². The minimum absolute atomic E-state index is 0.0195. The molecule has 33 heavy (non-hydrogen) atoms. The van der Waals surface area contributed by atoms with Gasteiger partial charge < -0.3 is 14.4 Å². The predicted molar refractivity (Wildman–Crippen MR) is 131 cm³/mol. The van der Waals surface area contributed by atoms with E-state index in [1.54, 1.807) is 11.8 Å². The number of amides is 1. The number of hydrogen-bond acceptors (Lipinski definition) is 5. The van der Waals surface area contributed by atoms with Crippen molar-refractivity contribution in [3.63, 3.8) is 0 Å². The van der Waals surface area contributed by atoms with Crippen molar-refractivity contribution in [3.05, 3.63) is 88.2 Å². The first-order valence-electron chi connectivity index (χ1n) is 10.9. The van der Waals surface area contributed by atoms with E-state index in [1.165, 1.54) is 11.3 Å². The molecule has 0 N–H and O–H groups in total. The maximum absolute atomic E-state index is 13.2. The van der Waals surface area contributed by atoms with E-state index in [2.05, 4.69) is 6.92 Å². The van der Waals surface area contributed by atoms with Crippen LogP contribution in [0.4, 0.5) is 0 Å². The number of carbonyl (C=O) groups is 1. The molecule has 0 saturated heterocycles. The van der Waals surface area contributed by atoms with Gasteiger partial charge in [0.25, 0.3) is 5.91 Å². The van der Waals surface area contributed by atoms with Gasteiger partial charge in [-0.3, -0.25) is 4.79 Å². The number of rotatable bonds is 9. The van der Waals surface area contributed by atoms with E-state index in [9.17, 15) is 4.79 Å². The molecule has 0 fully saturated rings. The lowest BCUT2D eigenvalue weighted by atomic mass is 10.2. The monoisotopic (exact) mass is 461 g/mol. The number of carbonyl (C=O) groups excluding carboxylic acids is 1. The lowest BCUT2D eigenvalue weighted by Crippen LogP contribution is -2.31. The van der Waals surface area contributed by atoms with Crippen LogP contribution in [0.15, 0.2) is 72.1 Å². The van der Waals surface area contributed by atoms with Crippen molar-refractivity contribution in [3.8, 4) is 23.1 Å². The Labute approximate surface area is 198 Å². The third kappa shape index (κ3) is 5.09. The van der Waals surface area contributed by atoms with Crippen LogP contribution in [0.2, 0.25) is 0 Å². The summed E-state index contributed by atoms with van der Waals surface area (Å²) >= 11 is 1.46. The van der Waals surface area contributed by atoms with Gasteiger partial charge in [0, 0.05) is 12.6 Å². The lowest BCUT2D eigenvalue weighted by molar-refractivity contribution is 0.0747. The van der Waals surface area contributed by atoms with E-state index < -0.39 is 0 Å². The Morgan fingerprint density at radius 2 is 1.85 bits per heavy atom. The number of aromatic nitrogens is 2. The molecule has 170 valence electrons. The highest BCUT2D eigenvalue weighted by Crippen LogP contribution is 2.33. The summed E-state index contributed by atoms with van der Waals surface area (Å²) in [6.07, 6.45) is 0.856. The van der Waals surface area contributed by atoms with Crippen LogP contribution in [-0.4, -0.2) is 34.2 Å². The SMILES string of the molecule is CCCN(Cc1c(C)nn(-c2ccccc2)c1Oc1cccc(OC)c1)C(=O)c1cccs1. The van der Waals surface area contributed by atoms with Gasteiger partial charge in [0.2, 0.25) is 5.88 Å². The highest BCUT2D eigenvalue weighted by molar-refractivity contribution is 7.12. The first kappa shape index (κ1) is 22.6. The number of benzene rings is 2. The largest absolute Gasteiger partial charge is 0.497 e. The molecule has 0 unspecified atom stereocenters. The Balaban J connectivity index is 1.76. The van der Waals surface area contributed by atoms with Crippen LogP contribution in [0.5, 0.6) is 17.4 Å². The van der Waals surface area contributed by atoms with E-state index in [0.717, 1.165) is 28.2 Å². The number of nitrogens with zero attached hydrogens (tertiary/aromatic N) is 3. The molecule has 2 aromatic carbocycles. The number of thiophene rings is 1. The van der Waals surface area contributed by atoms with Gasteiger partial charge in [0.15, 0.2) is 0 Å². The van der Waals surface area contributed by atoms with Crippen LogP contribution in [0.3, 0.4) is 0 Å². The Morgan fingerprint density at radius 3 is 2.55 bits per heavy atom. The second-order valence-electron chi connectivity index (χ2n) is 7.60. The molecule has 0 saturated carbocycles. The molecule has 1 amide bonds. The summed E-state index contributed by atoms with van der Waals surface area (Å²) in [6, 6.07) is 21.1. The van der Waals surface area contributed by atoms with Crippen LogP contribution in [0.1, 0.15) is 34.3 Å². The minimum Gasteiger partial charge on any atom is -0.497 e. The van der Waals surface area contributed by atoms with Crippen LogP contribution in [0, 0.1) is 6.92 Å². The van der Waals surface area contributed by atoms with Gasteiger partial charge in [-0.05, 0) is 49.1 Å². The number of ether oxygens (including phenoxy) is 2. The van der Waals surface area contributed by atoms with Crippen molar-refractivity contribution in [1.82, 2.24) is 14.7 Å². The standard InChI is InChI=1S/C26H27N3O3S/c1-4-15-28(25(30)24-14-9-16-33-24)18-23-19(2)27-29(20-10-6-5-7-11-20)26(23)32-22-13-8-12-21(17-22)31-3/h5-14,16-17H,4,15,18H2,1-3H3. The third-order valence-corrected chi connectivity index (χ3v) is 6.11. The summed E-state index contributed by atoms with van der Waals surface area (Å²) in [5, 5.41) is 6.70. The van der Waals surface area contributed by atoms with E-state index in [4.69, 9.17) is 14.6 Å². The summed E-state index contributed by atoms with van der Waals surface area (Å²) in [7, 11) is 1.63. The summed E-state index contributed by atoms with van der Waals surface area (Å²) in [6.45, 7) is 5.07. The Kier molecular flexibility index (Phi) is 7.10. The number of hydrogen-bond donors (Lipinski definition) is 0. The number of methoxy groups -OCH3 is 1. The van der Waals surface area contributed by atoms with Gasteiger partial charge in [-0.15, -0.1) is 11.3 Å². The fourth-order valence-corrected chi connectivity index (χ4v) is 4.31.